The summed E-state index contributed by atoms with van der Waals surface area (Å²) in [5.41, 5.74) is 1.64. The van der Waals surface area contributed by atoms with Crippen molar-refractivity contribution in [2.75, 3.05) is 6.54 Å². The lowest BCUT2D eigenvalue weighted by Crippen LogP contribution is -2.35. The number of benzene rings is 2. The van der Waals surface area contributed by atoms with Gasteiger partial charge < -0.3 is 10.3 Å². The Bertz CT molecular complexity index is 881. The fourth-order valence-electron chi connectivity index (χ4n) is 2.36. The lowest BCUT2D eigenvalue weighted by molar-refractivity contribution is -0.116. The molecule has 0 bridgehead atoms. The highest BCUT2D eigenvalue weighted by atomic mass is 16.2. The summed E-state index contributed by atoms with van der Waals surface area (Å²) in [5.74, 6) is -1.70. The van der Waals surface area contributed by atoms with Crippen LogP contribution in [-0.2, 0) is 4.79 Å². The summed E-state index contributed by atoms with van der Waals surface area (Å²) in [5, 5.41) is 3.17. The van der Waals surface area contributed by atoms with Crippen molar-refractivity contribution >= 4 is 28.4 Å². The first kappa shape index (κ1) is 14.7. The number of Topliss-reactive ketones (excluding diaryl/α,β-unsaturated/α-hetero) is 2. The van der Waals surface area contributed by atoms with Crippen LogP contribution in [0, 0.1) is 0 Å². The van der Waals surface area contributed by atoms with E-state index in [9.17, 15) is 14.4 Å². The maximum atomic E-state index is 12.2. The zero-order valence-corrected chi connectivity index (χ0v) is 12.2. The van der Waals surface area contributed by atoms with Gasteiger partial charge in [-0.15, -0.1) is 0 Å². The Morgan fingerprint density at radius 3 is 2.39 bits per heavy atom. The lowest BCUT2D eigenvalue weighted by atomic mass is 10.1. The van der Waals surface area contributed by atoms with Gasteiger partial charge in [0.15, 0.2) is 5.78 Å². The van der Waals surface area contributed by atoms with E-state index in [1.807, 2.05) is 24.3 Å². The van der Waals surface area contributed by atoms with Gasteiger partial charge in [-0.25, -0.2) is 0 Å². The lowest BCUT2D eigenvalue weighted by Gasteiger charge is -2.03. The summed E-state index contributed by atoms with van der Waals surface area (Å²) < 4.78 is 0. The number of rotatable bonds is 5. The Kier molecular flexibility index (Phi) is 4.01. The van der Waals surface area contributed by atoms with Crippen LogP contribution in [0.1, 0.15) is 20.7 Å². The van der Waals surface area contributed by atoms with Gasteiger partial charge in [0, 0.05) is 28.2 Å². The van der Waals surface area contributed by atoms with Crippen molar-refractivity contribution in [2.24, 2.45) is 0 Å². The van der Waals surface area contributed by atoms with Crippen LogP contribution >= 0.6 is 0 Å². The average molecular weight is 306 g/mol. The predicted octanol–water partition coefficient (Wildman–Crippen LogP) is 2.35. The van der Waals surface area contributed by atoms with Crippen LogP contribution in [-0.4, -0.2) is 29.0 Å². The summed E-state index contributed by atoms with van der Waals surface area (Å²) in [7, 11) is 0. The number of carbonyl (C=O) groups is 3. The Morgan fingerprint density at radius 2 is 1.61 bits per heavy atom. The van der Waals surface area contributed by atoms with E-state index in [0.29, 0.717) is 11.1 Å². The van der Waals surface area contributed by atoms with E-state index in [2.05, 4.69) is 10.3 Å². The van der Waals surface area contributed by atoms with Crippen molar-refractivity contribution in [2.45, 2.75) is 0 Å². The summed E-state index contributed by atoms with van der Waals surface area (Å²) in [6.07, 6.45) is 1.61. The van der Waals surface area contributed by atoms with Crippen molar-refractivity contribution < 1.29 is 14.4 Å². The molecule has 0 fully saturated rings. The molecule has 1 amide bonds. The van der Waals surface area contributed by atoms with Gasteiger partial charge in [0.25, 0.3) is 5.91 Å². The zero-order valence-electron chi connectivity index (χ0n) is 12.2. The molecule has 0 atom stereocenters. The van der Waals surface area contributed by atoms with Crippen molar-refractivity contribution in [1.29, 1.82) is 0 Å². The molecule has 0 aliphatic rings. The van der Waals surface area contributed by atoms with E-state index in [1.165, 1.54) is 0 Å². The average Bonchev–Trinajstić information content (AvgIpc) is 3.03. The fourth-order valence-corrected chi connectivity index (χ4v) is 2.36. The molecule has 0 saturated heterocycles. The number of amides is 1. The smallest absolute Gasteiger partial charge is 0.292 e. The van der Waals surface area contributed by atoms with Crippen LogP contribution in [0.2, 0.25) is 0 Å². The Morgan fingerprint density at radius 1 is 0.913 bits per heavy atom. The van der Waals surface area contributed by atoms with Crippen LogP contribution in [0.15, 0.2) is 60.8 Å². The molecule has 0 aliphatic carbocycles. The van der Waals surface area contributed by atoms with Gasteiger partial charge >= 0.3 is 0 Å². The number of ketones is 2. The molecule has 0 aliphatic heterocycles. The quantitative estimate of drug-likeness (QED) is 0.561. The molecule has 3 aromatic rings. The molecule has 5 heteroatoms. The van der Waals surface area contributed by atoms with Crippen LogP contribution < -0.4 is 5.32 Å². The SMILES string of the molecule is O=C(NCC(=O)c1c[nH]c2ccccc12)C(=O)c1ccccc1. The van der Waals surface area contributed by atoms with Gasteiger partial charge in [-0.3, -0.25) is 14.4 Å². The van der Waals surface area contributed by atoms with Crippen LogP contribution in [0.25, 0.3) is 10.9 Å². The molecule has 2 N–H and O–H groups in total. The standard InChI is InChI=1S/C18H14N2O3/c21-16(14-10-19-15-9-5-4-8-13(14)15)11-20-18(23)17(22)12-6-2-1-3-7-12/h1-10,19H,11H2,(H,20,23). The predicted molar refractivity (Wildman–Crippen MR) is 86.4 cm³/mol. The van der Waals surface area contributed by atoms with E-state index in [1.54, 1.807) is 36.5 Å². The summed E-state index contributed by atoms with van der Waals surface area (Å²) in [4.78, 5) is 39.0. The number of aromatic nitrogens is 1. The number of carbonyl (C=O) groups excluding carboxylic acids is 3. The Hall–Kier alpha value is -3.21. The summed E-state index contributed by atoms with van der Waals surface area (Å²) >= 11 is 0. The van der Waals surface area contributed by atoms with E-state index in [-0.39, 0.29) is 12.3 Å². The second-order valence-electron chi connectivity index (χ2n) is 5.05. The largest absolute Gasteiger partial charge is 0.360 e. The highest BCUT2D eigenvalue weighted by Crippen LogP contribution is 2.17. The second-order valence-corrected chi connectivity index (χ2v) is 5.05. The van der Waals surface area contributed by atoms with E-state index in [0.717, 1.165) is 10.9 Å². The monoisotopic (exact) mass is 306 g/mol. The van der Waals surface area contributed by atoms with Gasteiger partial charge in [0.2, 0.25) is 5.78 Å². The van der Waals surface area contributed by atoms with Gasteiger partial charge in [0.05, 0.1) is 6.54 Å². The zero-order chi connectivity index (χ0) is 16.2. The number of nitrogens with one attached hydrogen (secondary N) is 2. The first-order valence-electron chi connectivity index (χ1n) is 7.13. The minimum Gasteiger partial charge on any atom is -0.360 e. The van der Waals surface area contributed by atoms with Crippen molar-refractivity contribution in [3.8, 4) is 0 Å². The van der Waals surface area contributed by atoms with Gasteiger partial charge in [-0.05, 0) is 6.07 Å². The highest BCUT2D eigenvalue weighted by Gasteiger charge is 2.18. The number of para-hydroxylation sites is 1. The number of hydrogen-bond donors (Lipinski definition) is 2. The molecule has 114 valence electrons. The van der Waals surface area contributed by atoms with Gasteiger partial charge in [0.1, 0.15) is 0 Å². The second kappa shape index (κ2) is 6.27. The normalized spacial score (nSPS) is 10.4. The molecular formula is C18H14N2O3. The first-order chi connectivity index (χ1) is 11.2. The minimum absolute atomic E-state index is 0.223. The van der Waals surface area contributed by atoms with Crippen LogP contribution in [0.4, 0.5) is 0 Å². The third-order valence-corrected chi connectivity index (χ3v) is 3.54. The summed E-state index contributed by atoms with van der Waals surface area (Å²) in [6, 6.07) is 15.6. The molecule has 0 saturated carbocycles. The third kappa shape index (κ3) is 3.03. The minimum atomic E-state index is -0.788. The number of aromatic amines is 1. The number of hydrogen-bond acceptors (Lipinski definition) is 3. The Balaban J connectivity index is 1.67. The summed E-state index contributed by atoms with van der Waals surface area (Å²) in [6.45, 7) is -0.223. The molecule has 1 aromatic heterocycles. The van der Waals surface area contributed by atoms with Gasteiger partial charge in [-0.1, -0.05) is 48.5 Å². The molecule has 23 heavy (non-hydrogen) atoms. The third-order valence-electron chi connectivity index (χ3n) is 3.54. The van der Waals surface area contributed by atoms with E-state index in [4.69, 9.17) is 0 Å². The van der Waals surface area contributed by atoms with Crippen LogP contribution in [0.3, 0.4) is 0 Å². The molecular weight excluding hydrogens is 292 g/mol. The van der Waals surface area contributed by atoms with Crippen LogP contribution in [0.5, 0.6) is 0 Å². The Labute approximate surface area is 132 Å². The number of fused-ring (bicyclic) bond motifs is 1. The fraction of sp³-hybridized carbons (Fsp3) is 0.0556. The van der Waals surface area contributed by atoms with E-state index < -0.39 is 11.7 Å². The van der Waals surface area contributed by atoms with Gasteiger partial charge in [-0.2, -0.15) is 0 Å². The van der Waals surface area contributed by atoms with Crippen molar-refractivity contribution in [3.63, 3.8) is 0 Å². The maximum absolute atomic E-state index is 12.2. The molecule has 3 rings (SSSR count). The molecule has 1 heterocycles. The van der Waals surface area contributed by atoms with E-state index >= 15 is 0 Å². The van der Waals surface area contributed by atoms with Crippen molar-refractivity contribution in [1.82, 2.24) is 10.3 Å². The molecule has 0 radical (unpaired) electrons. The molecule has 0 unspecified atom stereocenters. The van der Waals surface area contributed by atoms with Crippen molar-refractivity contribution in [3.05, 3.63) is 71.9 Å². The molecule has 2 aromatic carbocycles. The number of H-pyrrole nitrogens is 1. The topological polar surface area (TPSA) is 79.0 Å². The highest BCUT2D eigenvalue weighted by molar-refractivity contribution is 6.43. The maximum Gasteiger partial charge on any atom is 0.292 e. The molecule has 5 nitrogen and oxygen atoms in total. The first-order valence-corrected chi connectivity index (χ1v) is 7.13. The molecule has 0 spiro atoms.